The molecule has 0 bridgehead atoms. The fraction of sp³-hybridized carbons (Fsp3) is 0.263. The van der Waals surface area contributed by atoms with E-state index < -0.39 is 0 Å². The average Bonchev–Trinajstić information content (AvgIpc) is 3.31. The molecule has 0 saturated carbocycles. The SMILES string of the molecule is C(=NN1CCCCC1)c1cn(-c2ccccc2)nc1-c1cccs1. The zero-order valence-corrected chi connectivity index (χ0v) is 14.3. The fourth-order valence-corrected chi connectivity index (χ4v) is 3.67. The lowest BCUT2D eigenvalue weighted by molar-refractivity contribution is 0.240. The highest BCUT2D eigenvalue weighted by molar-refractivity contribution is 7.13. The maximum Gasteiger partial charge on any atom is 0.112 e. The third-order valence-electron chi connectivity index (χ3n) is 4.21. The van der Waals surface area contributed by atoms with Crippen molar-refractivity contribution in [2.75, 3.05) is 13.1 Å². The van der Waals surface area contributed by atoms with Gasteiger partial charge in [-0.1, -0.05) is 24.3 Å². The summed E-state index contributed by atoms with van der Waals surface area (Å²) in [5, 5.41) is 13.7. The van der Waals surface area contributed by atoms with Crippen molar-refractivity contribution in [3.05, 3.63) is 59.6 Å². The van der Waals surface area contributed by atoms with E-state index in [2.05, 4.69) is 40.9 Å². The number of hydrazone groups is 1. The minimum Gasteiger partial charge on any atom is -0.297 e. The number of aromatic nitrogens is 2. The van der Waals surface area contributed by atoms with Gasteiger partial charge in [0.2, 0.25) is 0 Å². The minimum absolute atomic E-state index is 0.995. The zero-order valence-electron chi connectivity index (χ0n) is 13.5. The molecule has 24 heavy (non-hydrogen) atoms. The van der Waals surface area contributed by atoms with Gasteiger partial charge in [-0.2, -0.15) is 10.2 Å². The van der Waals surface area contributed by atoms with Gasteiger partial charge in [-0.25, -0.2) is 4.68 Å². The molecular formula is C19H20N4S. The molecule has 4 rings (SSSR count). The standard InChI is InChI=1S/C19H20N4S/c1-3-8-17(9-4-1)23-15-16(14-20-22-11-5-2-6-12-22)19(21-23)18-10-7-13-24-18/h1,3-4,7-10,13-15H,2,5-6,11-12H2. The predicted octanol–water partition coefficient (Wildman–Crippen LogP) is 4.42. The molecule has 0 spiro atoms. The third-order valence-corrected chi connectivity index (χ3v) is 5.09. The van der Waals surface area contributed by atoms with E-state index in [0.717, 1.165) is 30.0 Å². The fourth-order valence-electron chi connectivity index (χ4n) is 2.94. The van der Waals surface area contributed by atoms with Crippen molar-refractivity contribution in [3.63, 3.8) is 0 Å². The van der Waals surface area contributed by atoms with Gasteiger partial charge in [0.25, 0.3) is 0 Å². The Bertz CT molecular complexity index is 799. The van der Waals surface area contributed by atoms with Gasteiger partial charge in [-0.05, 0) is 42.8 Å². The molecule has 1 fully saturated rings. The molecule has 1 aliphatic rings. The summed E-state index contributed by atoms with van der Waals surface area (Å²) >= 11 is 1.71. The summed E-state index contributed by atoms with van der Waals surface area (Å²) in [6, 6.07) is 14.4. The van der Waals surface area contributed by atoms with E-state index in [1.54, 1.807) is 11.3 Å². The second-order valence-corrected chi connectivity index (χ2v) is 6.90. The summed E-state index contributed by atoms with van der Waals surface area (Å²) in [5.74, 6) is 0. The highest BCUT2D eigenvalue weighted by Crippen LogP contribution is 2.27. The lowest BCUT2D eigenvalue weighted by atomic mass is 10.2. The van der Waals surface area contributed by atoms with Gasteiger partial charge in [0, 0.05) is 24.8 Å². The average molecular weight is 336 g/mol. The Kier molecular flexibility index (Phi) is 4.42. The first-order chi connectivity index (χ1) is 11.9. The minimum atomic E-state index is 0.995. The maximum atomic E-state index is 4.80. The third kappa shape index (κ3) is 3.26. The van der Waals surface area contributed by atoms with E-state index in [4.69, 9.17) is 10.2 Å². The van der Waals surface area contributed by atoms with Crippen molar-refractivity contribution in [1.29, 1.82) is 0 Å². The van der Waals surface area contributed by atoms with Crippen LogP contribution in [0.2, 0.25) is 0 Å². The number of benzene rings is 1. The molecule has 122 valence electrons. The Labute approximate surface area is 146 Å². The molecule has 3 heterocycles. The summed E-state index contributed by atoms with van der Waals surface area (Å²) in [7, 11) is 0. The summed E-state index contributed by atoms with van der Waals surface area (Å²) in [4.78, 5) is 1.17. The number of hydrogen-bond acceptors (Lipinski definition) is 4. The van der Waals surface area contributed by atoms with Crippen LogP contribution in [0.1, 0.15) is 24.8 Å². The normalized spacial score (nSPS) is 15.2. The van der Waals surface area contributed by atoms with Crippen molar-refractivity contribution in [2.45, 2.75) is 19.3 Å². The lowest BCUT2D eigenvalue weighted by Gasteiger charge is -2.23. The van der Waals surface area contributed by atoms with Gasteiger partial charge in [-0.15, -0.1) is 11.3 Å². The van der Waals surface area contributed by atoms with Crippen LogP contribution in [0.4, 0.5) is 0 Å². The van der Waals surface area contributed by atoms with Crippen LogP contribution in [0.25, 0.3) is 16.3 Å². The molecule has 0 aliphatic carbocycles. The Morgan fingerprint density at radius 1 is 1.00 bits per heavy atom. The van der Waals surface area contributed by atoms with Crippen LogP contribution in [0.3, 0.4) is 0 Å². The van der Waals surface area contributed by atoms with Crippen molar-refractivity contribution >= 4 is 17.6 Å². The molecule has 2 aromatic heterocycles. The van der Waals surface area contributed by atoms with Crippen LogP contribution in [-0.2, 0) is 0 Å². The van der Waals surface area contributed by atoms with Gasteiger partial charge in [-0.3, -0.25) is 5.01 Å². The van der Waals surface area contributed by atoms with Gasteiger partial charge >= 0.3 is 0 Å². The van der Waals surface area contributed by atoms with E-state index in [1.807, 2.05) is 29.1 Å². The summed E-state index contributed by atoms with van der Waals surface area (Å²) in [6.07, 6.45) is 7.82. The molecular weight excluding hydrogens is 316 g/mol. The zero-order chi connectivity index (χ0) is 16.2. The molecule has 1 aliphatic heterocycles. The monoisotopic (exact) mass is 336 g/mol. The largest absolute Gasteiger partial charge is 0.297 e. The van der Waals surface area contributed by atoms with Crippen LogP contribution in [0, 0.1) is 0 Å². The van der Waals surface area contributed by atoms with Gasteiger partial charge in [0.1, 0.15) is 5.69 Å². The number of hydrogen-bond donors (Lipinski definition) is 0. The number of piperidine rings is 1. The van der Waals surface area contributed by atoms with Crippen molar-refractivity contribution < 1.29 is 0 Å². The van der Waals surface area contributed by atoms with Crippen LogP contribution in [-0.4, -0.2) is 34.1 Å². The van der Waals surface area contributed by atoms with Gasteiger partial charge in [0.05, 0.1) is 16.8 Å². The molecule has 1 aromatic carbocycles. The van der Waals surface area contributed by atoms with Gasteiger partial charge in [0.15, 0.2) is 0 Å². The van der Waals surface area contributed by atoms with Crippen LogP contribution < -0.4 is 0 Å². The van der Waals surface area contributed by atoms with Crippen LogP contribution in [0.15, 0.2) is 59.1 Å². The molecule has 4 nitrogen and oxygen atoms in total. The Morgan fingerprint density at radius 3 is 2.58 bits per heavy atom. The van der Waals surface area contributed by atoms with E-state index in [-0.39, 0.29) is 0 Å². The molecule has 0 radical (unpaired) electrons. The van der Waals surface area contributed by atoms with Crippen molar-refractivity contribution in [1.82, 2.24) is 14.8 Å². The molecule has 3 aromatic rings. The van der Waals surface area contributed by atoms with E-state index in [0.29, 0.717) is 0 Å². The molecule has 0 amide bonds. The number of nitrogens with zero attached hydrogens (tertiary/aromatic N) is 4. The highest BCUT2D eigenvalue weighted by Gasteiger charge is 2.13. The second-order valence-electron chi connectivity index (χ2n) is 5.95. The number of para-hydroxylation sites is 1. The molecule has 0 N–H and O–H groups in total. The Hall–Kier alpha value is -2.40. The molecule has 0 unspecified atom stereocenters. The van der Waals surface area contributed by atoms with E-state index >= 15 is 0 Å². The topological polar surface area (TPSA) is 33.4 Å². The Balaban J connectivity index is 1.68. The predicted molar refractivity (Wildman–Crippen MR) is 99.9 cm³/mol. The smallest absolute Gasteiger partial charge is 0.112 e. The van der Waals surface area contributed by atoms with E-state index in [1.165, 1.54) is 24.1 Å². The lowest BCUT2D eigenvalue weighted by Crippen LogP contribution is -2.24. The number of rotatable bonds is 4. The molecule has 0 atom stereocenters. The first-order valence-electron chi connectivity index (χ1n) is 8.38. The maximum absolute atomic E-state index is 4.80. The number of thiophene rings is 1. The summed E-state index contributed by atoms with van der Waals surface area (Å²) in [6.45, 7) is 2.11. The Morgan fingerprint density at radius 2 is 1.83 bits per heavy atom. The molecule has 5 heteroatoms. The van der Waals surface area contributed by atoms with Crippen molar-refractivity contribution in [2.24, 2.45) is 5.10 Å². The van der Waals surface area contributed by atoms with E-state index in [9.17, 15) is 0 Å². The van der Waals surface area contributed by atoms with Crippen LogP contribution in [0.5, 0.6) is 0 Å². The quantitative estimate of drug-likeness (QED) is 0.661. The second kappa shape index (κ2) is 7.01. The van der Waals surface area contributed by atoms with Gasteiger partial charge < -0.3 is 0 Å². The first kappa shape index (κ1) is 15.1. The molecule has 1 saturated heterocycles. The first-order valence-corrected chi connectivity index (χ1v) is 9.26. The summed E-state index contributed by atoms with van der Waals surface area (Å²) < 4.78 is 1.94. The van der Waals surface area contributed by atoms with Crippen LogP contribution >= 0.6 is 11.3 Å². The highest BCUT2D eigenvalue weighted by atomic mass is 32.1. The van der Waals surface area contributed by atoms with Crippen molar-refractivity contribution in [3.8, 4) is 16.3 Å². The summed E-state index contributed by atoms with van der Waals surface area (Å²) in [5.41, 5.74) is 3.12.